The predicted molar refractivity (Wildman–Crippen MR) is 115 cm³/mol. The number of thiophene rings is 1. The number of hydrogen-bond donors (Lipinski definition) is 0. The molecule has 2 aromatic heterocycles. The topological polar surface area (TPSA) is 75.5 Å². The zero-order chi connectivity index (χ0) is 20.4. The lowest BCUT2D eigenvalue weighted by Gasteiger charge is -2.22. The van der Waals surface area contributed by atoms with E-state index in [0.29, 0.717) is 48.4 Å². The van der Waals surface area contributed by atoms with Gasteiger partial charge in [-0.1, -0.05) is 29.8 Å². The molecule has 0 aliphatic carbocycles. The average Bonchev–Trinajstić information content (AvgIpc) is 3.01. The first-order valence-corrected chi connectivity index (χ1v) is 11.7. The minimum atomic E-state index is -3.56. The van der Waals surface area contributed by atoms with Crippen molar-refractivity contribution < 1.29 is 8.42 Å². The molecule has 10 heteroatoms. The van der Waals surface area contributed by atoms with Gasteiger partial charge in [0.1, 0.15) is 10.0 Å². The average molecular weight is 451 g/mol. The molecule has 3 heterocycles. The Morgan fingerprint density at radius 1 is 0.931 bits per heavy atom. The third-order valence-corrected chi connectivity index (χ3v) is 8.31. The van der Waals surface area contributed by atoms with Gasteiger partial charge in [0.2, 0.25) is 0 Å². The van der Waals surface area contributed by atoms with Crippen LogP contribution in [0.5, 0.6) is 0 Å². The molecule has 1 aromatic carbocycles. The zero-order valence-electron chi connectivity index (χ0n) is 15.4. The Bertz CT molecular complexity index is 1160. The zero-order valence-corrected chi connectivity index (χ0v) is 17.8. The number of nitrogens with zero attached hydrogens (tertiary/aromatic N) is 4. The minimum absolute atomic E-state index is 0.214. The normalized spacial score (nSPS) is 16.0. The molecule has 0 atom stereocenters. The second-order valence-electron chi connectivity index (χ2n) is 6.58. The SMILES string of the molecule is O=c1ccc(N2CCCN(S(=O)(=O)c3ccc(Cl)s3)CC2)nn1-c1ccccc1. The van der Waals surface area contributed by atoms with Gasteiger partial charge < -0.3 is 4.90 Å². The molecular formula is C19H19ClN4O3S2. The van der Waals surface area contributed by atoms with E-state index in [0.717, 1.165) is 11.3 Å². The molecule has 1 saturated heterocycles. The first kappa shape index (κ1) is 20.1. The second kappa shape index (κ2) is 8.27. The number of halogens is 1. The van der Waals surface area contributed by atoms with E-state index in [1.165, 1.54) is 15.1 Å². The molecule has 1 aliphatic heterocycles. The molecule has 0 unspecified atom stereocenters. The molecule has 152 valence electrons. The molecule has 0 bridgehead atoms. The standard InChI is InChI=1S/C19H19ClN4O3S2/c20-16-7-10-19(28-16)29(26,27)23-12-4-11-22(13-14-23)17-8-9-18(25)24(21-17)15-5-2-1-3-6-15/h1-3,5-10H,4,11-14H2. The van der Waals surface area contributed by atoms with Crippen LogP contribution in [0.25, 0.3) is 5.69 Å². The number of rotatable bonds is 4. The third-order valence-electron chi connectivity index (χ3n) is 4.71. The van der Waals surface area contributed by atoms with Crippen LogP contribution >= 0.6 is 22.9 Å². The predicted octanol–water partition coefficient (Wildman–Crippen LogP) is 2.85. The number of sulfonamides is 1. The van der Waals surface area contributed by atoms with Gasteiger partial charge in [-0.25, -0.2) is 8.42 Å². The van der Waals surface area contributed by atoms with E-state index in [2.05, 4.69) is 5.10 Å². The molecule has 1 fully saturated rings. The van der Waals surface area contributed by atoms with E-state index >= 15 is 0 Å². The lowest BCUT2D eigenvalue weighted by molar-refractivity contribution is 0.434. The van der Waals surface area contributed by atoms with Gasteiger partial charge >= 0.3 is 0 Å². The van der Waals surface area contributed by atoms with Crippen molar-refractivity contribution in [1.82, 2.24) is 14.1 Å². The molecule has 0 amide bonds. The summed E-state index contributed by atoms with van der Waals surface area (Å²) in [5.41, 5.74) is 0.474. The van der Waals surface area contributed by atoms with Crippen LogP contribution in [-0.4, -0.2) is 48.7 Å². The molecule has 1 aliphatic rings. The van der Waals surface area contributed by atoms with Gasteiger partial charge in [0, 0.05) is 32.2 Å². The summed E-state index contributed by atoms with van der Waals surface area (Å²) >= 11 is 6.98. The minimum Gasteiger partial charge on any atom is -0.354 e. The van der Waals surface area contributed by atoms with E-state index in [1.54, 1.807) is 18.2 Å². The van der Waals surface area contributed by atoms with Crippen LogP contribution in [0.2, 0.25) is 4.34 Å². The molecule has 0 N–H and O–H groups in total. The molecule has 7 nitrogen and oxygen atoms in total. The maximum atomic E-state index is 12.9. The Morgan fingerprint density at radius 2 is 1.72 bits per heavy atom. The molecular weight excluding hydrogens is 432 g/mol. The largest absolute Gasteiger partial charge is 0.354 e. The van der Waals surface area contributed by atoms with Crippen molar-refractivity contribution in [3.8, 4) is 5.69 Å². The fourth-order valence-electron chi connectivity index (χ4n) is 3.25. The van der Waals surface area contributed by atoms with Crippen molar-refractivity contribution in [2.45, 2.75) is 10.6 Å². The van der Waals surface area contributed by atoms with Gasteiger partial charge in [0.25, 0.3) is 15.6 Å². The van der Waals surface area contributed by atoms with Gasteiger partial charge in [0.15, 0.2) is 0 Å². The molecule has 29 heavy (non-hydrogen) atoms. The monoisotopic (exact) mass is 450 g/mol. The number of para-hydroxylation sites is 1. The van der Waals surface area contributed by atoms with E-state index in [9.17, 15) is 13.2 Å². The van der Waals surface area contributed by atoms with Gasteiger partial charge in [-0.2, -0.15) is 8.99 Å². The summed E-state index contributed by atoms with van der Waals surface area (Å²) in [7, 11) is -3.56. The van der Waals surface area contributed by atoms with Gasteiger partial charge in [-0.15, -0.1) is 16.4 Å². The van der Waals surface area contributed by atoms with E-state index in [1.807, 2.05) is 35.2 Å². The first-order valence-electron chi connectivity index (χ1n) is 9.11. The van der Waals surface area contributed by atoms with E-state index in [-0.39, 0.29) is 9.77 Å². The smallest absolute Gasteiger partial charge is 0.271 e. The Kier molecular flexibility index (Phi) is 5.73. The molecule has 0 radical (unpaired) electrons. The summed E-state index contributed by atoms with van der Waals surface area (Å²) in [4.78, 5) is 14.3. The maximum absolute atomic E-state index is 12.9. The maximum Gasteiger partial charge on any atom is 0.271 e. The van der Waals surface area contributed by atoms with Crippen molar-refractivity contribution in [2.75, 3.05) is 31.1 Å². The highest BCUT2D eigenvalue weighted by Crippen LogP contribution is 2.28. The van der Waals surface area contributed by atoms with Gasteiger partial charge in [0.05, 0.1) is 10.0 Å². The van der Waals surface area contributed by atoms with E-state index < -0.39 is 10.0 Å². The fraction of sp³-hybridized carbons (Fsp3) is 0.263. The highest BCUT2D eigenvalue weighted by Gasteiger charge is 2.28. The van der Waals surface area contributed by atoms with Crippen molar-refractivity contribution in [3.05, 3.63) is 69.3 Å². The molecule has 4 rings (SSSR count). The summed E-state index contributed by atoms with van der Waals surface area (Å²) in [5.74, 6) is 0.645. The summed E-state index contributed by atoms with van der Waals surface area (Å²) in [6, 6.07) is 15.5. The summed E-state index contributed by atoms with van der Waals surface area (Å²) in [6.45, 7) is 1.90. The van der Waals surface area contributed by atoms with Crippen LogP contribution in [-0.2, 0) is 10.0 Å². The van der Waals surface area contributed by atoms with Crippen molar-refractivity contribution in [2.24, 2.45) is 0 Å². The number of benzene rings is 1. The van der Waals surface area contributed by atoms with Crippen molar-refractivity contribution in [3.63, 3.8) is 0 Å². The number of anilines is 1. The van der Waals surface area contributed by atoms with Gasteiger partial charge in [-0.3, -0.25) is 4.79 Å². The summed E-state index contributed by atoms with van der Waals surface area (Å²) in [6.07, 6.45) is 0.657. The van der Waals surface area contributed by atoms with Crippen LogP contribution in [0.3, 0.4) is 0 Å². The Labute approximate surface area is 177 Å². The summed E-state index contributed by atoms with van der Waals surface area (Å²) in [5, 5.41) is 4.50. The van der Waals surface area contributed by atoms with Crippen LogP contribution in [0.4, 0.5) is 5.82 Å². The highest BCUT2D eigenvalue weighted by molar-refractivity contribution is 7.91. The van der Waals surface area contributed by atoms with Crippen molar-refractivity contribution >= 4 is 38.8 Å². The van der Waals surface area contributed by atoms with E-state index in [4.69, 9.17) is 11.6 Å². The fourth-order valence-corrected chi connectivity index (χ4v) is 6.36. The van der Waals surface area contributed by atoms with Gasteiger partial charge in [-0.05, 0) is 36.8 Å². The Morgan fingerprint density at radius 3 is 2.45 bits per heavy atom. The van der Waals surface area contributed by atoms with Crippen LogP contribution < -0.4 is 10.5 Å². The Balaban J connectivity index is 1.56. The number of hydrogen-bond acceptors (Lipinski definition) is 6. The second-order valence-corrected chi connectivity index (χ2v) is 10.5. The van der Waals surface area contributed by atoms with Crippen molar-refractivity contribution in [1.29, 1.82) is 0 Å². The quantitative estimate of drug-likeness (QED) is 0.611. The first-order chi connectivity index (χ1) is 13.9. The molecule has 0 spiro atoms. The van der Waals surface area contributed by atoms with Crippen LogP contribution in [0.15, 0.2) is 63.6 Å². The molecule has 0 saturated carbocycles. The number of aromatic nitrogens is 2. The highest BCUT2D eigenvalue weighted by atomic mass is 35.5. The lowest BCUT2D eigenvalue weighted by atomic mass is 10.3. The molecule has 3 aromatic rings. The van der Waals surface area contributed by atoms with Crippen LogP contribution in [0, 0.1) is 0 Å². The third kappa shape index (κ3) is 4.23. The van der Waals surface area contributed by atoms with Crippen LogP contribution in [0.1, 0.15) is 6.42 Å². The summed E-state index contributed by atoms with van der Waals surface area (Å²) < 4.78 is 29.3. The Hall–Kier alpha value is -2.20. The lowest BCUT2D eigenvalue weighted by Crippen LogP contribution is -2.35.